The minimum Gasteiger partial charge on any atom is -0.396 e. The number of benzene rings is 2. The molecule has 0 amide bonds. The largest absolute Gasteiger partial charge is 0.396 e. The molecule has 0 aliphatic rings. The summed E-state index contributed by atoms with van der Waals surface area (Å²) in [5, 5.41) is 4.62. The van der Waals surface area contributed by atoms with Gasteiger partial charge in [-0.3, -0.25) is 4.98 Å². The molecule has 1 heterocycles. The van der Waals surface area contributed by atoms with E-state index in [1.54, 1.807) is 6.20 Å². The van der Waals surface area contributed by atoms with E-state index in [1.165, 1.54) is 5.56 Å². The topological polar surface area (TPSA) is 60.2 Å². The Kier molecular flexibility index (Phi) is 5.29. The lowest BCUT2D eigenvalue weighted by atomic mass is 10.1. The molecule has 1 aromatic heterocycles. The molecule has 3 rings (SSSR count). The van der Waals surface area contributed by atoms with Gasteiger partial charge in [-0.05, 0) is 25.0 Å². The quantitative estimate of drug-likeness (QED) is 0.693. The van der Waals surface area contributed by atoms with E-state index in [9.17, 15) is 0 Å². The Morgan fingerprint density at radius 2 is 1.83 bits per heavy atom. The maximum Gasteiger partial charge on any atom is 0.0743 e. The summed E-state index contributed by atoms with van der Waals surface area (Å²) >= 11 is 0. The number of hydrogen-bond acceptors (Lipinski definition) is 4. The number of pyridine rings is 1. The van der Waals surface area contributed by atoms with Crippen molar-refractivity contribution in [1.82, 2.24) is 4.98 Å². The number of hydrogen-bond donors (Lipinski definition) is 2. The Hall–Kier alpha value is -2.59. The van der Waals surface area contributed by atoms with E-state index < -0.39 is 0 Å². The zero-order chi connectivity index (χ0) is 16.8. The highest BCUT2D eigenvalue weighted by atomic mass is 16.5. The second kappa shape index (κ2) is 7.79. The third kappa shape index (κ3) is 3.84. The molecule has 0 aliphatic heterocycles. The molecule has 1 atom stereocenters. The van der Waals surface area contributed by atoms with Crippen molar-refractivity contribution in [2.45, 2.75) is 19.4 Å². The fourth-order valence-electron chi connectivity index (χ4n) is 2.83. The minimum absolute atomic E-state index is 0.139. The van der Waals surface area contributed by atoms with Gasteiger partial charge >= 0.3 is 0 Å². The van der Waals surface area contributed by atoms with Crippen LogP contribution in [0, 0.1) is 0 Å². The molecular formula is C20H23N3O. The first-order chi connectivity index (χ1) is 11.8. The Bertz CT molecular complexity index is 789. The zero-order valence-electron chi connectivity index (χ0n) is 13.9. The summed E-state index contributed by atoms with van der Waals surface area (Å²) in [7, 11) is 0. The van der Waals surface area contributed by atoms with Crippen molar-refractivity contribution in [3.05, 3.63) is 66.4 Å². The number of para-hydroxylation sites is 1. The Morgan fingerprint density at radius 1 is 1.08 bits per heavy atom. The van der Waals surface area contributed by atoms with E-state index in [4.69, 9.17) is 10.5 Å². The second-order valence-corrected chi connectivity index (χ2v) is 5.80. The molecule has 2 aromatic carbocycles. The van der Waals surface area contributed by atoms with Crippen LogP contribution in [0.5, 0.6) is 0 Å². The van der Waals surface area contributed by atoms with Crippen LogP contribution in [0.1, 0.15) is 12.5 Å². The molecular weight excluding hydrogens is 298 g/mol. The molecule has 24 heavy (non-hydrogen) atoms. The third-order valence-corrected chi connectivity index (χ3v) is 4.00. The van der Waals surface area contributed by atoms with Gasteiger partial charge in [0.05, 0.1) is 35.7 Å². The van der Waals surface area contributed by atoms with Crippen molar-refractivity contribution in [2.24, 2.45) is 0 Å². The summed E-state index contributed by atoms with van der Waals surface area (Å²) in [6.45, 7) is 3.33. The van der Waals surface area contributed by atoms with Crippen LogP contribution in [0.15, 0.2) is 60.8 Å². The fraction of sp³-hybridized carbons (Fsp3) is 0.250. The first-order valence-electron chi connectivity index (χ1n) is 8.29. The van der Waals surface area contributed by atoms with Crippen LogP contribution in [-0.4, -0.2) is 24.2 Å². The van der Waals surface area contributed by atoms with Crippen LogP contribution in [0.25, 0.3) is 10.9 Å². The number of aromatic nitrogens is 1. The van der Waals surface area contributed by atoms with Crippen LogP contribution in [0.4, 0.5) is 11.4 Å². The van der Waals surface area contributed by atoms with Crippen molar-refractivity contribution < 1.29 is 4.74 Å². The standard InChI is InChI=1S/C20H23N3O/c1-2-24-14-16(12-15-8-4-3-5-9-15)23-20-17-10-6-7-11-19(17)22-13-18(20)21/h3-11,13,16H,2,12,14,21H2,1H3,(H,22,23)/t16-/m0/s1. The molecule has 0 unspecified atom stereocenters. The van der Waals surface area contributed by atoms with E-state index in [1.807, 2.05) is 37.3 Å². The van der Waals surface area contributed by atoms with Crippen molar-refractivity contribution >= 4 is 22.3 Å². The van der Waals surface area contributed by atoms with Crippen molar-refractivity contribution in [3.63, 3.8) is 0 Å². The van der Waals surface area contributed by atoms with Gasteiger partial charge in [-0.15, -0.1) is 0 Å². The smallest absolute Gasteiger partial charge is 0.0743 e. The lowest BCUT2D eigenvalue weighted by Gasteiger charge is -2.22. The van der Waals surface area contributed by atoms with E-state index in [2.05, 4.69) is 34.6 Å². The molecule has 0 fully saturated rings. The molecule has 124 valence electrons. The van der Waals surface area contributed by atoms with Crippen LogP contribution in [0.3, 0.4) is 0 Å². The van der Waals surface area contributed by atoms with Gasteiger partial charge in [-0.1, -0.05) is 48.5 Å². The highest BCUT2D eigenvalue weighted by Crippen LogP contribution is 2.28. The van der Waals surface area contributed by atoms with E-state index in [0.717, 1.165) is 23.0 Å². The van der Waals surface area contributed by atoms with Gasteiger partial charge in [0.1, 0.15) is 0 Å². The molecule has 0 saturated carbocycles. The van der Waals surface area contributed by atoms with E-state index in [0.29, 0.717) is 18.9 Å². The number of ether oxygens (including phenoxy) is 1. The average Bonchev–Trinajstić information content (AvgIpc) is 2.63. The number of nitrogens with one attached hydrogen (secondary N) is 1. The maximum atomic E-state index is 6.19. The van der Waals surface area contributed by atoms with Gasteiger partial charge in [0.2, 0.25) is 0 Å². The highest BCUT2D eigenvalue weighted by molar-refractivity contribution is 5.96. The Balaban J connectivity index is 1.88. The van der Waals surface area contributed by atoms with Crippen LogP contribution < -0.4 is 11.1 Å². The predicted molar refractivity (Wildman–Crippen MR) is 100 cm³/mol. The molecule has 4 heteroatoms. The predicted octanol–water partition coefficient (Wildman–Crippen LogP) is 3.88. The third-order valence-electron chi connectivity index (χ3n) is 4.00. The van der Waals surface area contributed by atoms with Gasteiger partial charge < -0.3 is 15.8 Å². The summed E-state index contributed by atoms with van der Waals surface area (Å²) in [6.07, 6.45) is 2.59. The summed E-state index contributed by atoms with van der Waals surface area (Å²) in [5.74, 6) is 0. The first-order valence-corrected chi connectivity index (χ1v) is 8.29. The molecule has 3 N–H and O–H groups in total. The fourth-order valence-corrected chi connectivity index (χ4v) is 2.83. The SMILES string of the molecule is CCOC[C@H](Cc1ccccc1)Nc1c(N)cnc2ccccc12. The monoisotopic (exact) mass is 321 g/mol. The Labute approximate surface area is 142 Å². The van der Waals surface area contributed by atoms with Crippen molar-refractivity contribution in [1.29, 1.82) is 0 Å². The summed E-state index contributed by atoms with van der Waals surface area (Å²) in [6, 6.07) is 18.6. The van der Waals surface area contributed by atoms with Crippen molar-refractivity contribution in [2.75, 3.05) is 24.3 Å². The summed E-state index contributed by atoms with van der Waals surface area (Å²) in [4.78, 5) is 4.40. The van der Waals surface area contributed by atoms with Crippen LogP contribution >= 0.6 is 0 Å². The van der Waals surface area contributed by atoms with Gasteiger partial charge in [0.25, 0.3) is 0 Å². The highest BCUT2D eigenvalue weighted by Gasteiger charge is 2.14. The van der Waals surface area contributed by atoms with Gasteiger partial charge in [-0.2, -0.15) is 0 Å². The number of nitrogens with zero attached hydrogens (tertiary/aromatic N) is 1. The number of anilines is 2. The lowest BCUT2D eigenvalue weighted by Crippen LogP contribution is -2.28. The summed E-state index contributed by atoms with van der Waals surface area (Å²) < 4.78 is 5.67. The molecule has 3 aromatic rings. The van der Waals surface area contributed by atoms with E-state index >= 15 is 0 Å². The van der Waals surface area contributed by atoms with E-state index in [-0.39, 0.29) is 6.04 Å². The maximum absolute atomic E-state index is 6.19. The molecule has 0 aliphatic carbocycles. The van der Waals surface area contributed by atoms with Gasteiger partial charge in [0, 0.05) is 12.0 Å². The van der Waals surface area contributed by atoms with Crippen molar-refractivity contribution in [3.8, 4) is 0 Å². The van der Waals surface area contributed by atoms with Gasteiger partial charge in [0.15, 0.2) is 0 Å². The minimum atomic E-state index is 0.139. The molecule has 0 spiro atoms. The number of nitrogen functional groups attached to an aromatic ring is 1. The molecule has 0 bridgehead atoms. The lowest BCUT2D eigenvalue weighted by molar-refractivity contribution is 0.137. The van der Waals surface area contributed by atoms with Crippen LogP contribution in [0.2, 0.25) is 0 Å². The van der Waals surface area contributed by atoms with Crippen LogP contribution in [-0.2, 0) is 11.2 Å². The second-order valence-electron chi connectivity index (χ2n) is 5.80. The number of nitrogens with two attached hydrogens (primary N) is 1. The first kappa shape index (κ1) is 16.3. The normalized spacial score (nSPS) is 12.2. The zero-order valence-corrected chi connectivity index (χ0v) is 13.9. The molecule has 0 radical (unpaired) electrons. The molecule has 0 saturated heterocycles. The average molecular weight is 321 g/mol. The number of fused-ring (bicyclic) bond motifs is 1. The molecule has 4 nitrogen and oxygen atoms in total. The summed E-state index contributed by atoms with van der Waals surface area (Å²) in [5.41, 5.74) is 9.98. The Morgan fingerprint density at radius 3 is 2.62 bits per heavy atom. The van der Waals surface area contributed by atoms with Gasteiger partial charge in [-0.25, -0.2) is 0 Å². The number of rotatable bonds is 7.